The topological polar surface area (TPSA) is 81.2 Å². The number of benzene rings is 1. The van der Waals surface area contributed by atoms with Gasteiger partial charge in [0.1, 0.15) is 11.3 Å². The van der Waals surface area contributed by atoms with Crippen molar-refractivity contribution in [3.05, 3.63) is 52.4 Å². The Morgan fingerprint density at radius 3 is 2.42 bits per heavy atom. The Morgan fingerprint density at radius 2 is 1.92 bits per heavy atom. The fourth-order valence-electron chi connectivity index (χ4n) is 2.36. The van der Waals surface area contributed by atoms with Crippen molar-refractivity contribution in [1.29, 1.82) is 0 Å². The van der Waals surface area contributed by atoms with Crippen LogP contribution in [0.3, 0.4) is 0 Å². The van der Waals surface area contributed by atoms with Crippen molar-refractivity contribution in [2.75, 3.05) is 0 Å². The molecule has 0 aliphatic heterocycles. The summed E-state index contributed by atoms with van der Waals surface area (Å²) in [6.45, 7) is 5.07. The maximum Gasteiger partial charge on any atom is 0.416 e. The van der Waals surface area contributed by atoms with Gasteiger partial charge >= 0.3 is 6.18 Å². The number of rotatable bonds is 5. The molecule has 0 saturated heterocycles. The largest absolute Gasteiger partial charge is 0.416 e. The van der Waals surface area contributed by atoms with E-state index in [1.54, 1.807) is 13.8 Å². The fourth-order valence-corrected chi connectivity index (χ4v) is 2.36. The minimum absolute atomic E-state index is 0.136. The number of carbonyl (C=O) groups is 1. The van der Waals surface area contributed by atoms with Crippen LogP contribution in [0.4, 0.5) is 13.2 Å². The SMILES string of the molecule is Cc1noc(C)c1CNC(C)(C(N)=O)c1cccc(C(F)(F)F)c1. The molecule has 1 heterocycles. The van der Waals surface area contributed by atoms with Crippen LogP contribution >= 0.6 is 0 Å². The van der Waals surface area contributed by atoms with Crippen LogP contribution in [-0.2, 0) is 23.1 Å². The second-order valence-corrected chi connectivity index (χ2v) is 5.72. The van der Waals surface area contributed by atoms with E-state index in [2.05, 4.69) is 10.5 Å². The van der Waals surface area contributed by atoms with Gasteiger partial charge in [-0.1, -0.05) is 17.3 Å². The Balaban J connectivity index is 2.36. The molecule has 5 nitrogen and oxygen atoms in total. The van der Waals surface area contributed by atoms with Gasteiger partial charge in [0.15, 0.2) is 0 Å². The van der Waals surface area contributed by atoms with Crippen LogP contribution in [0, 0.1) is 13.8 Å². The first-order valence-electron chi connectivity index (χ1n) is 7.20. The molecule has 0 aliphatic rings. The van der Waals surface area contributed by atoms with Crippen LogP contribution < -0.4 is 11.1 Å². The zero-order valence-electron chi connectivity index (χ0n) is 13.5. The van der Waals surface area contributed by atoms with E-state index >= 15 is 0 Å². The minimum atomic E-state index is -4.50. The summed E-state index contributed by atoms with van der Waals surface area (Å²) >= 11 is 0. The number of nitrogens with two attached hydrogens (primary N) is 1. The van der Waals surface area contributed by atoms with Gasteiger partial charge in [-0.25, -0.2) is 0 Å². The van der Waals surface area contributed by atoms with Gasteiger partial charge in [0.25, 0.3) is 0 Å². The van der Waals surface area contributed by atoms with Crippen molar-refractivity contribution in [2.24, 2.45) is 5.73 Å². The van der Waals surface area contributed by atoms with Crippen molar-refractivity contribution in [1.82, 2.24) is 10.5 Å². The molecule has 1 amide bonds. The molecule has 1 aromatic carbocycles. The summed E-state index contributed by atoms with van der Waals surface area (Å²) < 4.78 is 43.8. The third-order valence-electron chi connectivity index (χ3n) is 4.06. The Hall–Kier alpha value is -2.35. The molecule has 1 atom stereocenters. The molecule has 0 aliphatic carbocycles. The lowest BCUT2D eigenvalue weighted by Crippen LogP contribution is -2.50. The predicted octanol–water partition coefficient (Wildman–Crippen LogP) is 2.80. The molecule has 0 fully saturated rings. The molecule has 130 valence electrons. The van der Waals surface area contributed by atoms with Crippen molar-refractivity contribution < 1.29 is 22.5 Å². The van der Waals surface area contributed by atoms with Crippen molar-refractivity contribution in [2.45, 2.75) is 39.0 Å². The quantitative estimate of drug-likeness (QED) is 0.876. The lowest BCUT2D eigenvalue weighted by atomic mass is 9.89. The number of carbonyl (C=O) groups excluding carboxylic acids is 1. The Bertz CT molecular complexity index is 736. The summed E-state index contributed by atoms with van der Waals surface area (Å²) in [5, 5.41) is 6.73. The highest BCUT2D eigenvalue weighted by molar-refractivity contribution is 5.85. The number of hydrogen-bond acceptors (Lipinski definition) is 4. The van der Waals surface area contributed by atoms with Crippen LogP contribution in [0.25, 0.3) is 0 Å². The number of hydrogen-bond donors (Lipinski definition) is 2. The maximum atomic E-state index is 12.9. The van der Waals surface area contributed by atoms with Gasteiger partial charge in [-0.05, 0) is 38.5 Å². The van der Waals surface area contributed by atoms with Gasteiger partial charge in [0.05, 0.1) is 11.3 Å². The zero-order valence-corrected chi connectivity index (χ0v) is 13.5. The van der Waals surface area contributed by atoms with E-state index in [0.29, 0.717) is 11.5 Å². The highest BCUT2D eigenvalue weighted by Gasteiger charge is 2.36. The third-order valence-corrected chi connectivity index (χ3v) is 4.06. The van der Waals surface area contributed by atoms with E-state index in [1.165, 1.54) is 19.1 Å². The highest BCUT2D eigenvalue weighted by Crippen LogP contribution is 2.32. The minimum Gasteiger partial charge on any atom is -0.368 e. The summed E-state index contributed by atoms with van der Waals surface area (Å²) in [7, 11) is 0. The molecule has 1 aromatic heterocycles. The number of aromatic nitrogens is 1. The summed E-state index contributed by atoms with van der Waals surface area (Å²) in [4.78, 5) is 12.0. The van der Waals surface area contributed by atoms with E-state index in [-0.39, 0.29) is 12.1 Å². The monoisotopic (exact) mass is 341 g/mol. The molecule has 1 unspecified atom stereocenters. The lowest BCUT2D eigenvalue weighted by molar-refractivity contribution is -0.138. The van der Waals surface area contributed by atoms with Crippen molar-refractivity contribution in [3.63, 3.8) is 0 Å². The molecular formula is C16H18F3N3O2. The van der Waals surface area contributed by atoms with Crippen LogP contribution in [0.2, 0.25) is 0 Å². The van der Waals surface area contributed by atoms with Crippen LogP contribution in [-0.4, -0.2) is 11.1 Å². The number of alkyl halides is 3. The lowest BCUT2D eigenvalue weighted by Gasteiger charge is -2.28. The van der Waals surface area contributed by atoms with Crippen LogP contribution in [0.5, 0.6) is 0 Å². The van der Waals surface area contributed by atoms with E-state index in [1.807, 2.05) is 0 Å². The number of amides is 1. The summed E-state index contributed by atoms with van der Waals surface area (Å²) in [6, 6.07) is 4.54. The average Bonchev–Trinajstić information content (AvgIpc) is 2.82. The number of aryl methyl sites for hydroxylation is 2. The van der Waals surface area contributed by atoms with E-state index in [4.69, 9.17) is 10.3 Å². The summed E-state index contributed by atoms with van der Waals surface area (Å²) in [6.07, 6.45) is -4.50. The molecule has 3 N–H and O–H groups in total. The normalized spacial score (nSPS) is 14.4. The van der Waals surface area contributed by atoms with Gasteiger partial charge in [-0.2, -0.15) is 13.2 Å². The average molecular weight is 341 g/mol. The Labute approximate surface area is 137 Å². The first-order chi connectivity index (χ1) is 11.1. The number of primary amides is 1. The first kappa shape index (κ1) is 18.0. The van der Waals surface area contributed by atoms with Crippen LogP contribution in [0.1, 0.15) is 35.1 Å². The number of halogens is 3. The standard InChI is InChI=1S/C16H18F3N3O2/c1-9-13(10(2)24-22-9)8-21-15(3,14(20)23)11-5-4-6-12(7-11)16(17,18)19/h4-7,21H,8H2,1-3H3,(H2,20,23). The summed E-state index contributed by atoms with van der Waals surface area (Å²) in [5.41, 5.74) is 4.64. The summed E-state index contributed by atoms with van der Waals surface area (Å²) in [5.74, 6) is -0.218. The van der Waals surface area contributed by atoms with E-state index in [0.717, 1.165) is 17.7 Å². The maximum absolute atomic E-state index is 12.9. The molecule has 0 radical (unpaired) electrons. The Morgan fingerprint density at radius 1 is 1.29 bits per heavy atom. The number of nitrogens with one attached hydrogen (secondary N) is 1. The smallest absolute Gasteiger partial charge is 0.368 e. The molecule has 0 saturated carbocycles. The molecule has 24 heavy (non-hydrogen) atoms. The highest BCUT2D eigenvalue weighted by atomic mass is 19.4. The van der Waals surface area contributed by atoms with Gasteiger partial charge in [0.2, 0.25) is 5.91 Å². The second kappa shape index (κ2) is 6.27. The van der Waals surface area contributed by atoms with Gasteiger partial charge in [-0.3, -0.25) is 10.1 Å². The second-order valence-electron chi connectivity index (χ2n) is 5.72. The molecule has 8 heteroatoms. The predicted molar refractivity (Wildman–Crippen MR) is 80.8 cm³/mol. The van der Waals surface area contributed by atoms with Gasteiger partial charge in [-0.15, -0.1) is 0 Å². The molecular weight excluding hydrogens is 323 g/mol. The fraction of sp³-hybridized carbons (Fsp3) is 0.375. The van der Waals surface area contributed by atoms with Crippen LogP contribution in [0.15, 0.2) is 28.8 Å². The molecule has 2 rings (SSSR count). The number of nitrogens with zero attached hydrogens (tertiary/aromatic N) is 1. The van der Waals surface area contributed by atoms with E-state index < -0.39 is 23.2 Å². The first-order valence-corrected chi connectivity index (χ1v) is 7.20. The molecule has 0 bridgehead atoms. The molecule has 0 spiro atoms. The van der Waals surface area contributed by atoms with Crippen molar-refractivity contribution in [3.8, 4) is 0 Å². The molecule has 2 aromatic rings. The zero-order chi connectivity index (χ0) is 18.1. The van der Waals surface area contributed by atoms with Gasteiger partial charge in [0, 0.05) is 12.1 Å². The third kappa shape index (κ3) is 3.43. The van der Waals surface area contributed by atoms with Crippen molar-refractivity contribution >= 4 is 5.91 Å². The van der Waals surface area contributed by atoms with Gasteiger partial charge < -0.3 is 10.3 Å². The Kier molecular flexibility index (Phi) is 4.70. The van der Waals surface area contributed by atoms with E-state index in [9.17, 15) is 18.0 Å².